The Morgan fingerprint density at radius 1 is 0.750 bits per heavy atom. The van der Waals surface area contributed by atoms with E-state index in [0.29, 0.717) is 39.6 Å². The zero-order valence-corrected chi connectivity index (χ0v) is 18.8. The SMILES string of the molecule is CCC(=O)c1ccc(OC(=O)C(C)(C)Oc2ccc(C(=O)c3ccc(Cl)cc3)cc2)cc1. The van der Waals surface area contributed by atoms with Crippen LogP contribution in [0.5, 0.6) is 11.5 Å². The molecule has 0 heterocycles. The van der Waals surface area contributed by atoms with Gasteiger partial charge in [-0.15, -0.1) is 0 Å². The lowest BCUT2D eigenvalue weighted by molar-refractivity contribution is -0.149. The smallest absolute Gasteiger partial charge is 0.355 e. The molecule has 164 valence electrons. The summed E-state index contributed by atoms with van der Waals surface area (Å²) in [5.74, 6) is 0.0292. The van der Waals surface area contributed by atoms with Crippen LogP contribution >= 0.6 is 11.6 Å². The summed E-state index contributed by atoms with van der Waals surface area (Å²) in [7, 11) is 0. The van der Waals surface area contributed by atoms with Crippen molar-refractivity contribution < 1.29 is 23.9 Å². The Bertz CT molecular complexity index is 1110. The predicted molar refractivity (Wildman–Crippen MR) is 123 cm³/mol. The highest BCUT2D eigenvalue weighted by Gasteiger charge is 2.32. The van der Waals surface area contributed by atoms with Crippen molar-refractivity contribution in [2.24, 2.45) is 0 Å². The Morgan fingerprint density at radius 2 is 1.22 bits per heavy atom. The minimum Gasteiger partial charge on any atom is -0.476 e. The fraction of sp³-hybridized carbons (Fsp3) is 0.192. The molecule has 0 saturated heterocycles. The summed E-state index contributed by atoms with van der Waals surface area (Å²) >= 11 is 5.87. The topological polar surface area (TPSA) is 69.7 Å². The molecule has 5 nitrogen and oxygen atoms in total. The van der Waals surface area contributed by atoms with Crippen molar-refractivity contribution in [1.82, 2.24) is 0 Å². The molecular formula is C26H23ClO5. The monoisotopic (exact) mass is 450 g/mol. The molecule has 0 aliphatic carbocycles. The zero-order chi connectivity index (χ0) is 23.3. The first-order valence-electron chi connectivity index (χ1n) is 10.1. The highest BCUT2D eigenvalue weighted by Crippen LogP contribution is 2.23. The Hall–Kier alpha value is -3.44. The largest absolute Gasteiger partial charge is 0.476 e. The number of hydrogen-bond acceptors (Lipinski definition) is 5. The maximum absolute atomic E-state index is 12.6. The Morgan fingerprint density at radius 3 is 1.75 bits per heavy atom. The average Bonchev–Trinajstić information content (AvgIpc) is 2.79. The highest BCUT2D eigenvalue weighted by molar-refractivity contribution is 6.30. The van der Waals surface area contributed by atoms with Gasteiger partial charge in [-0.1, -0.05) is 18.5 Å². The van der Waals surface area contributed by atoms with E-state index in [4.69, 9.17) is 21.1 Å². The number of ketones is 2. The van der Waals surface area contributed by atoms with Crippen LogP contribution < -0.4 is 9.47 Å². The molecule has 3 rings (SSSR count). The summed E-state index contributed by atoms with van der Waals surface area (Å²) in [5, 5.41) is 0.560. The van der Waals surface area contributed by atoms with E-state index in [1.54, 1.807) is 93.6 Å². The fourth-order valence-electron chi connectivity index (χ4n) is 2.92. The highest BCUT2D eigenvalue weighted by atomic mass is 35.5. The molecule has 0 saturated carbocycles. The number of carbonyl (C=O) groups excluding carboxylic acids is 3. The first-order chi connectivity index (χ1) is 15.2. The van der Waals surface area contributed by atoms with Gasteiger partial charge in [0.15, 0.2) is 11.6 Å². The lowest BCUT2D eigenvalue weighted by Gasteiger charge is -2.24. The number of Topliss-reactive ketones (excluding diaryl/α,β-unsaturated/α-hetero) is 1. The third-order valence-electron chi connectivity index (χ3n) is 4.80. The van der Waals surface area contributed by atoms with Gasteiger partial charge in [0.05, 0.1) is 0 Å². The van der Waals surface area contributed by atoms with Gasteiger partial charge >= 0.3 is 5.97 Å². The zero-order valence-electron chi connectivity index (χ0n) is 18.1. The molecule has 0 bridgehead atoms. The van der Waals surface area contributed by atoms with E-state index in [2.05, 4.69) is 0 Å². The third-order valence-corrected chi connectivity index (χ3v) is 5.05. The van der Waals surface area contributed by atoms with Crippen LogP contribution in [0.1, 0.15) is 53.5 Å². The van der Waals surface area contributed by atoms with Crippen molar-refractivity contribution in [3.63, 3.8) is 0 Å². The van der Waals surface area contributed by atoms with Crippen molar-refractivity contribution >= 4 is 29.1 Å². The summed E-state index contributed by atoms with van der Waals surface area (Å²) in [4.78, 5) is 36.9. The normalized spacial score (nSPS) is 11.0. The number of esters is 1. The molecule has 0 aliphatic heterocycles. The first kappa shape index (κ1) is 23.2. The van der Waals surface area contributed by atoms with Crippen LogP contribution in [0.3, 0.4) is 0 Å². The quantitative estimate of drug-likeness (QED) is 0.242. The maximum atomic E-state index is 12.6. The second kappa shape index (κ2) is 9.79. The van der Waals surface area contributed by atoms with Gasteiger partial charge < -0.3 is 9.47 Å². The van der Waals surface area contributed by atoms with Crippen LogP contribution in [-0.4, -0.2) is 23.1 Å². The number of hydrogen-bond donors (Lipinski definition) is 0. The fourth-order valence-corrected chi connectivity index (χ4v) is 3.05. The van der Waals surface area contributed by atoms with Crippen LogP contribution in [0.2, 0.25) is 5.02 Å². The van der Waals surface area contributed by atoms with E-state index in [0.717, 1.165) is 0 Å². The van der Waals surface area contributed by atoms with E-state index >= 15 is 0 Å². The van der Waals surface area contributed by atoms with Gasteiger partial charge in [-0.2, -0.15) is 0 Å². The summed E-state index contributed by atoms with van der Waals surface area (Å²) in [6, 6.07) is 19.6. The van der Waals surface area contributed by atoms with Crippen molar-refractivity contribution in [2.45, 2.75) is 32.8 Å². The van der Waals surface area contributed by atoms with E-state index < -0.39 is 11.6 Å². The lowest BCUT2D eigenvalue weighted by atomic mass is 10.0. The number of ether oxygens (including phenoxy) is 2. The molecule has 6 heteroatoms. The van der Waals surface area contributed by atoms with Crippen molar-refractivity contribution in [1.29, 1.82) is 0 Å². The molecule has 0 spiro atoms. The molecular weight excluding hydrogens is 428 g/mol. The van der Waals surface area contributed by atoms with Crippen molar-refractivity contribution in [3.05, 3.63) is 94.5 Å². The molecule has 0 amide bonds. The minimum atomic E-state index is -1.28. The molecule has 32 heavy (non-hydrogen) atoms. The summed E-state index contributed by atoms with van der Waals surface area (Å²) in [5.41, 5.74) is 0.302. The second-order valence-electron chi connectivity index (χ2n) is 7.66. The Labute approximate surface area is 191 Å². The molecule has 0 N–H and O–H groups in total. The molecule has 0 aromatic heterocycles. The van der Waals surface area contributed by atoms with Gasteiger partial charge in [0.1, 0.15) is 11.5 Å². The minimum absolute atomic E-state index is 0.0181. The third kappa shape index (κ3) is 5.62. The van der Waals surface area contributed by atoms with E-state index in [-0.39, 0.29) is 11.6 Å². The number of benzene rings is 3. The molecule has 3 aromatic carbocycles. The Kier molecular flexibility index (Phi) is 7.11. The van der Waals surface area contributed by atoms with Gasteiger partial charge in [-0.05, 0) is 86.6 Å². The molecule has 3 aromatic rings. The molecule has 0 fully saturated rings. The van der Waals surface area contributed by atoms with Gasteiger partial charge in [-0.3, -0.25) is 9.59 Å². The standard InChI is InChI=1S/C26H23ClO5/c1-4-23(28)17-7-13-21(14-8-17)31-25(30)26(2,3)32-22-15-9-19(10-16-22)24(29)18-5-11-20(27)12-6-18/h5-16H,4H2,1-3H3. The summed E-state index contributed by atoms with van der Waals surface area (Å²) in [6.45, 7) is 4.98. The first-order valence-corrected chi connectivity index (χ1v) is 10.5. The molecule has 0 unspecified atom stereocenters. The van der Waals surface area contributed by atoms with E-state index in [9.17, 15) is 14.4 Å². The van der Waals surface area contributed by atoms with E-state index in [1.165, 1.54) is 0 Å². The lowest BCUT2D eigenvalue weighted by Crippen LogP contribution is -2.41. The Balaban J connectivity index is 1.65. The average molecular weight is 451 g/mol. The van der Waals surface area contributed by atoms with Crippen molar-refractivity contribution in [3.8, 4) is 11.5 Å². The van der Waals surface area contributed by atoms with Crippen LogP contribution in [0.25, 0.3) is 0 Å². The van der Waals surface area contributed by atoms with Crippen molar-refractivity contribution in [2.75, 3.05) is 0 Å². The number of halogens is 1. The van der Waals surface area contributed by atoms with Crippen LogP contribution in [-0.2, 0) is 4.79 Å². The van der Waals surface area contributed by atoms with Crippen LogP contribution in [0, 0.1) is 0 Å². The van der Waals surface area contributed by atoms with Crippen LogP contribution in [0.4, 0.5) is 0 Å². The van der Waals surface area contributed by atoms with Gasteiger partial charge in [0, 0.05) is 28.1 Å². The summed E-state index contributed by atoms with van der Waals surface area (Å²) < 4.78 is 11.2. The molecule has 0 aliphatic rings. The molecule has 0 radical (unpaired) electrons. The second-order valence-corrected chi connectivity index (χ2v) is 8.10. The van der Waals surface area contributed by atoms with E-state index in [1.807, 2.05) is 0 Å². The number of carbonyl (C=O) groups is 3. The summed E-state index contributed by atoms with van der Waals surface area (Å²) in [6.07, 6.45) is 0.407. The number of rotatable bonds is 8. The van der Waals surface area contributed by atoms with Crippen LogP contribution in [0.15, 0.2) is 72.8 Å². The maximum Gasteiger partial charge on any atom is 0.355 e. The van der Waals surface area contributed by atoms with Gasteiger partial charge in [-0.25, -0.2) is 4.79 Å². The molecule has 0 atom stereocenters. The van der Waals surface area contributed by atoms with Gasteiger partial charge in [0.2, 0.25) is 5.60 Å². The predicted octanol–water partition coefficient (Wildman–Crippen LogP) is 5.93. The van der Waals surface area contributed by atoms with Gasteiger partial charge in [0.25, 0.3) is 0 Å².